The number of anilines is 1. The molecule has 3 rings (SSSR count). The Kier molecular flexibility index (Phi) is 5.44. The Hall–Kier alpha value is -2.57. The highest BCUT2D eigenvalue weighted by molar-refractivity contribution is 6.33. The molecule has 2 aromatic carbocycles. The Morgan fingerprint density at radius 2 is 1.69 bits per heavy atom. The first-order chi connectivity index (χ1) is 12.5. The fraction of sp³-hybridized carbons (Fsp3) is 0.167. The predicted octanol–water partition coefficient (Wildman–Crippen LogP) is 2.81. The summed E-state index contributed by atoms with van der Waals surface area (Å²) >= 11 is 11.8. The molecule has 2 aromatic rings. The third-order valence-electron chi connectivity index (χ3n) is 4.05. The molecule has 0 spiro atoms. The quantitative estimate of drug-likeness (QED) is 0.789. The monoisotopic (exact) mass is 391 g/mol. The maximum atomic E-state index is 12.3. The first-order valence-corrected chi connectivity index (χ1v) is 8.62. The van der Waals surface area contributed by atoms with Crippen LogP contribution in [-0.2, 0) is 9.59 Å². The molecule has 1 aliphatic heterocycles. The number of hydrogen-bond donors (Lipinski definition) is 2. The summed E-state index contributed by atoms with van der Waals surface area (Å²) in [5.41, 5.74) is 5.60. The number of nitrogens with zero attached hydrogens (tertiary/aromatic N) is 1. The minimum Gasteiger partial charge on any atom is -0.312 e. The van der Waals surface area contributed by atoms with Crippen LogP contribution < -0.4 is 15.8 Å². The van der Waals surface area contributed by atoms with Crippen molar-refractivity contribution in [2.45, 2.75) is 6.42 Å². The first kappa shape index (κ1) is 18.2. The van der Waals surface area contributed by atoms with E-state index in [1.54, 1.807) is 48.5 Å². The molecule has 0 radical (unpaired) electrons. The Labute approximate surface area is 160 Å². The minimum absolute atomic E-state index is 0.0659. The van der Waals surface area contributed by atoms with Gasteiger partial charge in [0.25, 0.3) is 5.91 Å². The van der Waals surface area contributed by atoms with Crippen molar-refractivity contribution in [3.63, 3.8) is 0 Å². The van der Waals surface area contributed by atoms with Gasteiger partial charge in [0.1, 0.15) is 0 Å². The van der Waals surface area contributed by atoms with Gasteiger partial charge in [0.05, 0.1) is 16.5 Å². The minimum atomic E-state index is -0.565. The highest BCUT2D eigenvalue weighted by Crippen LogP contribution is 2.26. The zero-order valence-electron chi connectivity index (χ0n) is 13.5. The van der Waals surface area contributed by atoms with Gasteiger partial charge in [0.15, 0.2) is 0 Å². The van der Waals surface area contributed by atoms with Crippen LogP contribution in [0.25, 0.3) is 0 Å². The lowest BCUT2D eigenvalue weighted by atomic mass is 10.1. The van der Waals surface area contributed by atoms with Gasteiger partial charge < -0.3 is 4.90 Å². The fourth-order valence-corrected chi connectivity index (χ4v) is 3.03. The van der Waals surface area contributed by atoms with E-state index in [-0.39, 0.29) is 29.5 Å². The third kappa shape index (κ3) is 3.98. The van der Waals surface area contributed by atoms with Crippen LogP contribution in [0.4, 0.5) is 5.69 Å². The molecule has 2 N–H and O–H groups in total. The second-order valence-electron chi connectivity index (χ2n) is 5.81. The van der Waals surface area contributed by atoms with E-state index in [4.69, 9.17) is 23.2 Å². The van der Waals surface area contributed by atoms with E-state index in [1.807, 2.05) is 0 Å². The number of hydrogen-bond acceptors (Lipinski definition) is 3. The lowest BCUT2D eigenvalue weighted by Crippen LogP contribution is -2.45. The number of benzene rings is 2. The van der Waals surface area contributed by atoms with Crippen molar-refractivity contribution in [3.05, 3.63) is 64.1 Å². The van der Waals surface area contributed by atoms with Gasteiger partial charge >= 0.3 is 0 Å². The molecule has 1 heterocycles. The Bertz CT molecular complexity index is 855. The summed E-state index contributed by atoms with van der Waals surface area (Å²) in [5.74, 6) is -1.69. The van der Waals surface area contributed by atoms with E-state index in [9.17, 15) is 14.4 Å². The van der Waals surface area contributed by atoms with E-state index >= 15 is 0 Å². The summed E-state index contributed by atoms with van der Waals surface area (Å²) in [7, 11) is 0. The van der Waals surface area contributed by atoms with Crippen molar-refractivity contribution in [1.82, 2.24) is 10.9 Å². The van der Waals surface area contributed by atoms with Crippen molar-refractivity contribution in [1.29, 1.82) is 0 Å². The van der Waals surface area contributed by atoms with Crippen LogP contribution in [0.15, 0.2) is 48.5 Å². The van der Waals surface area contributed by atoms with E-state index in [2.05, 4.69) is 10.9 Å². The van der Waals surface area contributed by atoms with Crippen molar-refractivity contribution >= 4 is 46.6 Å². The van der Waals surface area contributed by atoms with Gasteiger partial charge in [0, 0.05) is 23.7 Å². The van der Waals surface area contributed by atoms with E-state index in [0.717, 1.165) is 0 Å². The van der Waals surface area contributed by atoms with Gasteiger partial charge in [-0.05, 0) is 36.4 Å². The Morgan fingerprint density at radius 3 is 2.38 bits per heavy atom. The van der Waals surface area contributed by atoms with E-state index < -0.39 is 17.7 Å². The Morgan fingerprint density at radius 1 is 1.00 bits per heavy atom. The zero-order chi connectivity index (χ0) is 18.7. The maximum absolute atomic E-state index is 12.3. The molecule has 0 aromatic heterocycles. The van der Waals surface area contributed by atoms with Crippen LogP contribution in [0.2, 0.25) is 10.0 Å². The number of hydrazine groups is 1. The van der Waals surface area contributed by atoms with E-state index in [1.165, 1.54) is 4.90 Å². The molecule has 0 bridgehead atoms. The molecule has 26 heavy (non-hydrogen) atoms. The summed E-state index contributed by atoms with van der Waals surface area (Å²) in [6.07, 6.45) is 0.0659. The fourth-order valence-electron chi connectivity index (χ4n) is 2.69. The maximum Gasteiger partial charge on any atom is 0.271 e. The molecule has 1 atom stereocenters. The standard InChI is InChI=1S/C18H15Cl2N3O3/c19-12-5-7-13(8-6-12)23-10-11(9-16(23)24)17(25)21-22-18(26)14-3-1-2-4-15(14)20/h1-8,11H,9-10H2,(H,21,25)(H,22,26)/t11-/m0/s1. The van der Waals surface area contributed by atoms with Gasteiger partial charge in [0.2, 0.25) is 11.8 Å². The largest absolute Gasteiger partial charge is 0.312 e. The number of nitrogens with one attached hydrogen (secondary N) is 2. The lowest BCUT2D eigenvalue weighted by molar-refractivity contribution is -0.126. The summed E-state index contributed by atoms with van der Waals surface area (Å²) in [4.78, 5) is 38.1. The number of halogens is 2. The average Bonchev–Trinajstić information content (AvgIpc) is 3.02. The molecule has 1 saturated heterocycles. The normalized spacial score (nSPS) is 16.5. The molecule has 0 aliphatic carbocycles. The molecular formula is C18H15Cl2N3O3. The van der Waals surface area contributed by atoms with Gasteiger partial charge in [-0.15, -0.1) is 0 Å². The number of carbonyl (C=O) groups excluding carboxylic acids is 3. The van der Waals surface area contributed by atoms with Crippen LogP contribution in [0.5, 0.6) is 0 Å². The van der Waals surface area contributed by atoms with Gasteiger partial charge in [-0.3, -0.25) is 25.2 Å². The SMILES string of the molecule is O=C(NNC(=O)[C@H]1CC(=O)N(c2ccc(Cl)cc2)C1)c1ccccc1Cl. The first-order valence-electron chi connectivity index (χ1n) is 7.86. The molecule has 0 unspecified atom stereocenters. The predicted molar refractivity (Wildman–Crippen MR) is 99.0 cm³/mol. The average molecular weight is 392 g/mol. The van der Waals surface area contributed by atoms with Gasteiger partial charge in [-0.1, -0.05) is 35.3 Å². The number of amides is 3. The van der Waals surface area contributed by atoms with Crippen molar-refractivity contribution in [3.8, 4) is 0 Å². The van der Waals surface area contributed by atoms with Crippen molar-refractivity contribution in [2.24, 2.45) is 5.92 Å². The second kappa shape index (κ2) is 7.76. The van der Waals surface area contributed by atoms with Crippen LogP contribution in [0.1, 0.15) is 16.8 Å². The van der Waals surface area contributed by atoms with Crippen LogP contribution in [0.3, 0.4) is 0 Å². The summed E-state index contributed by atoms with van der Waals surface area (Å²) < 4.78 is 0. The third-order valence-corrected chi connectivity index (χ3v) is 4.63. The topological polar surface area (TPSA) is 78.5 Å². The smallest absolute Gasteiger partial charge is 0.271 e. The van der Waals surface area contributed by atoms with Crippen molar-refractivity contribution in [2.75, 3.05) is 11.4 Å². The summed E-state index contributed by atoms with van der Waals surface area (Å²) in [6, 6.07) is 13.3. The van der Waals surface area contributed by atoms with Crippen LogP contribution in [-0.4, -0.2) is 24.3 Å². The highest BCUT2D eigenvalue weighted by atomic mass is 35.5. The molecule has 1 aliphatic rings. The highest BCUT2D eigenvalue weighted by Gasteiger charge is 2.35. The zero-order valence-corrected chi connectivity index (χ0v) is 15.1. The van der Waals surface area contributed by atoms with Gasteiger partial charge in [-0.25, -0.2) is 0 Å². The number of rotatable bonds is 3. The van der Waals surface area contributed by atoms with Gasteiger partial charge in [-0.2, -0.15) is 0 Å². The molecule has 6 nitrogen and oxygen atoms in total. The molecule has 3 amide bonds. The summed E-state index contributed by atoms with van der Waals surface area (Å²) in [5, 5.41) is 0.848. The second-order valence-corrected chi connectivity index (χ2v) is 6.65. The van der Waals surface area contributed by atoms with Crippen LogP contribution in [0, 0.1) is 5.92 Å². The molecule has 8 heteroatoms. The number of carbonyl (C=O) groups is 3. The molecule has 134 valence electrons. The Balaban J connectivity index is 1.59. The molecule has 0 saturated carbocycles. The lowest BCUT2D eigenvalue weighted by Gasteiger charge is -2.17. The molecular weight excluding hydrogens is 377 g/mol. The molecule has 1 fully saturated rings. The van der Waals surface area contributed by atoms with Crippen LogP contribution >= 0.6 is 23.2 Å². The van der Waals surface area contributed by atoms with Crippen molar-refractivity contribution < 1.29 is 14.4 Å². The summed E-state index contributed by atoms with van der Waals surface area (Å²) in [6.45, 7) is 0.230. The van der Waals surface area contributed by atoms with E-state index in [0.29, 0.717) is 10.7 Å².